The van der Waals surface area contributed by atoms with E-state index in [0.29, 0.717) is 22.6 Å². The smallest absolute Gasteiger partial charge is 0.338 e. The Balaban J connectivity index is 1.79. The molecule has 39 heavy (non-hydrogen) atoms. The van der Waals surface area contributed by atoms with Crippen molar-refractivity contribution in [1.29, 1.82) is 0 Å². The van der Waals surface area contributed by atoms with E-state index < -0.39 is 28.7 Å². The van der Waals surface area contributed by atoms with Gasteiger partial charge in [-0.25, -0.2) is 14.4 Å². The second-order valence-corrected chi connectivity index (χ2v) is 8.22. The SMILES string of the molecule is CCOC(=O)C1=C(C)NC(C)=C(C(=O)OCCOC(=O)c2ccc(N=[N+]=[N-])cc2)C1c1cccc([N+](=O)[O-])c1. The molecule has 0 spiro atoms. The van der Waals surface area contributed by atoms with Crippen molar-refractivity contribution < 1.29 is 33.5 Å². The van der Waals surface area contributed by atoms with E-state index in [1.807, 2.05) is 0 Å². The number of esters is 3. The van der Waals surface area contributed by atoms with Gasteiger partial charge in [0.2, 0.25) is 0 Å². The third-order valence-electron chi connectivity index (χ3n) is 5.70. The van der Waals surface area contributed by atoms with Crippen LogP contribution in [0.4, 0.5) is 11.4 Å². The molecule has 2 aromatic rings. The average Bonchev–Trinajstić information content (AvgIpc) is 2.91. The van der Waals surface area contributed by atoms with Crippen molar-refractivity contribution in [3.63, 3.8) is 0 Å². The quantitative estimate of drug-likeness (QED) is 0.0656. The van der Waals surface area contributed by atoms with Gasteiger partial charge in [0, 0.05) is 34.1 Å². The first kappa shape index (κ1) is 28.4. The average molecular weight is 536 g/mol. The van der Waals surface area contributed by atoms with Crippen LogP contribution in [-0.2, 0) is 23.8 Å². The number of ether oxygens (including phenoxy) is 3. The number of nitrogens with zero attached hydrogens (tertiary/aromatic N) is 4. The molecular weight excluding hydrogens is 510 g/mol. The number of carbonyl (C=O) groups excluding carboxylic acids is 3. The topological polar surface area (TPSA) is 183 Å². The summed E-state index contributed by atoms with van der Waals surface area (Å²) in [6, 6.07) is 11.4. The number of nitrogens with one attached hydrogen (secondary N) is 1. The van der Waals surface area contributed by atoms with Gasteiger partial charge in [-0.3, -0.25) is 10.1 Å². The highest BCUT2D eigenvalue weighted by atomic mass is 16.6. The van der Waals surface area contributed by atoms with Crippen molar-refractivity contribution in [3.8, 4) is 0 Å². The van der Waals surface area contributed by atoms with E-state index in [1.165, 1.54) is 42.5 Å². The van der Waals surface area contributed by atoms with Gasteiger partial charge < -0.3 is 19.5 Å². The van der Waals surface area contributed by atoms with Gasteiger partial charge in [-0.15, -0.1) is 0 Å². The Morgan fingerprint density at radius 3 is 2.13 bits per heavy atom. The lowest BCUT2D eigenvalue weighted by Gasteiger charge is -2.30. The molecule has 1 atom stereocenters. The molecule has 0 radical (unpaired) electrons. The highest BCUT2D eigenvalue weighted by molar-refractivity contribution is 6.00. The molecule has 0 fully saturated rings. The molecule has 202 valence electrons. The molecule has 3 rings (SSSR count). The Morgan fingerprint density at radius 1 is 0.974 bits per heavy atom. The summed E-state index contributed by atoms with van der Waals surface area (Å²) < 4.78 is 15.7. The van der Waals surface area contributed by atoms with Crippen molar-refractivity contribution in [3.05, 3.63) is 103 Å². The zero-order chi connectivity index (χ0) is 28.5. The fraction of sp³-hybridized carbons (Fsp3) is 0.269. The molecule has 1 heterocycles. The zero-order valence-electron chi connectivity index (χ0n) is 21.4. The summed E-state index contributed by atoms with van der Waals surface area (Å²) >= 11 is 0. The molecule has 0 bridgehead atoms. The maximum absolute atomic E-state index is 13.2. The molecule has 0 saturated heterocycles. The maximum atomic E-state index is 13.2. The van der Waals surface area contributed by atoms with Crippen LogP contribution in [0.15, 0.2) is 76.2 Å². The van der Waals surface area contributed by atoms with E-state index in [4.69, 9.17) is 19.7 Å². The van der Waals surface area contributed by atoms with Crippen LogP contribution in [0.3, 0.4) is 0 Å². The summed E-state index contributed by atoms with van der Waals surface area (Å²) in [6.07, 6.45) is 0. The fourth-order valence-corrected chi connectivity index (χ4v) is 4.04. The number of benzene rings is 2. The molecule has 13 nitrogen and oxygen atoms in total. The fourth-order valence-electron chi connectivity index (χ4n) is 4.04. The molecule has 1 aliphatic heterocycles. The number of azide groups is 1. The lowest BCUT2D eigenvalue weighted by atomic mass is 9.80. The largest absolute Gasteiger partial charge is 0.463 e. The second-order valence-electron chi connectivity index (χ2n) is 8.22. The first-order valence-corrected chi connectivity index (χ1v) is 11.8. The second kappa shape index (κ2) is 12.9. The number of carbonyl (C=O) groups is 3. The number of nitro benzene ring substituents is 1. The summed E-state index contributed by atoms with van der Waals surface area (Å²) in [5.41, 5.74) is 10.1. The minimum atomic E-state index is -1.00. The number of hydrogen-bond donors (Lipinski definition) is 1. The third kappa shape index (κ3) is 6.79. The van der Waals surface area contributed by atoms with E-state index in [9.17, 15) is 24.5 Å². The minimum absolute atomic E-state index is 0.0594. The van der Waals surface area contributed by atoms with Crippen LogP contribution in [0, 0.1) is 10.1 Å². The lowest BCUT2D eigenvalue weighted by molar-refractivity contribution is -0.384. The van der Waals surface area contributed by atoms with Gasteiger partial charge in [0.25, 0.3) is 5.69 Å². The summed E-state index contributed by atoms with van der Waals surface area (Å²) in [5, 5.41) is 17.8. The van der Waals surface area contributed by atoms with Crippen LogP contribution in [0.2, 0.25) is 0 Å². The Kier molecular flexibility index (Phi) is 9.38. The molecule has 0 saturated carbocycles. The number of dihydropyridines is 1. The van der Waals surface area contributed by atoms with Crippen LogP contribution in [-0.4, -0.2) is 42.7 Å². The monoisotopic (exact) mass is 535 g/mol. The zero-order valence-corrected chi connectivity index (χ0v) is 21.4. The predicted octanol–water partition coefficient (Wildman–Crippen LogP) is 4.73. The van der Waals surface area contributed by atoms with Gasteiger partial charge in [0.1, 0.15) is 13.2 Å². The van der Waals surface area contributed by atoms with E-state index >= 15 is 0 Å². The first-order valence-electron chi connectivity index (χ1n) is 11.8. The molecular formula is C26H25N5O8. The summed E-state index contributed by atoms with van der Waals surface area (Å²) in [4.78, 5) is 51.9. The Labute approximate surface area is 222 Å². The van der Waals surface area contributed by atoms with Gasteiger partial charge in [-0.1, -0.05) is 29.4 Å². The summed E-state index contributed by atoms with van der Waals surface area (Å²) in [7, 11) is 0. The van der Waals surface area contributed by atoms with Crippen molar-refractivity contribution in [2.45, 2.75) is 26.7 Å². The Bertz CT molecular complexity index is 1410. The number of allylic oxidation sites excluding steroid dienone is 2. The molecule has 0 aliphatic carbocycles. The molecule has 2 aromatic carbocycles. The van der Waals surface area contributed by atoms with E-state index in [2.05, 4.69) is 15.3 Å². The highest BCUT2D eigenvalue weighted by Crippen LogP contribution is 2.40. The van der Waals surface area contributed by atoms with E-state index in [0.717, 1.165) is 0 Å². The van der Waals surface area contributed by atoms with Crippen molar-refractivity contribution in [2.75, 3.05) is 19.8 Å². The molecule has 13 heteroatoms. The lowest BCUT2D eigenvalue weighted by Crippen LogP contribution is -2.33. The number of non-ortho nitro benzene ring substituents is 1. The van der Waals surface area contributed by atoms with E-state index in [-0.39, 0.29) is 42.2 Å². The van der Waals surface area contributed by atoms with Crippen LogP contribution >= 0.6 is 0 Å². The first-order chi connectivity index (χ1) is 18.7. The van der Waals surface area contributed by atoms with Crippen LogP contribution in [0.1, 0.15) is 42.6 Å². The summed E-state index contributed by atoms with van der Waals surface area (Å²) in [6.45, 7) is 4.42. The number of nitro groups is 1. The van der Waals surface area contributed by atoms with Gasteiger partial charge in [-0.05, 0) is 44.0 Å². The van der Waals surface area contributed by atoms with Crippen molar-refractivity contribution in [1.82, 2.24) is 5.32 Å². The molecule has 1 N–H and O–H groups in total. The summed E-state index contributed by atoms with van der Waals surface area (Å²) in [5.74, 6) is -3.17. The van der Waals surface area contributed by atoms with Gasteiger partial charge in [-0.2, -0.15) is 0 Å². The van der Waals surface area contributed by atoms with Gasteiger partial charge >= 0.3 is 17.9 Å². The number of hydrogen-bond acceptors (Lipinski definition) is 10. The van der Waals surface area contributed by atoms with Gasteiger partial charge in [0.15, 0.2) is 0 Å². The van der Waals surface area contributed by atoms with Crippen LogP contribution < -0.4 is 5.32 Å². The normalized spacial score (nSPS) is 14.6. The molecule has 0 amide bonds. The van der Waals surface area contributed by atoms with Crippen molar-refractivity contribution in [2.24, 2.45) is 5.11 Å². The van der Waals surface area contributed by atoms with E-state index in [1.54, 1.807) is 26.8 Å². The predicted molar refractivity (Wildman–Crippen MR) is 137 cm³/mol. The molecule has 0 aromatic heterocycles. The number of rotatable bonds is 10. The van der Waals surface area contributed by atoms with Gasteiger partial charge in [0.05, 0.1) is 34.2 Å². The third-order valence-corrected chi connectivity index (χ3v) is 5.70. The maximum Gasteiger partial charge on any atom is 0.338 e. The molecule has 1 unspecified atom stereocenters. The van der Waals surface area contributed by atoms with Crippen molar-refractivity contribution >= 4 is 29.3 Å². The standard InChI is InChI=1S/C26H25N5O8/c1-4-37-25(33)21-15(2)28-16(3)22(23(21)18-6-5-7-20(14-18)31(35)36)26(34)39-13-12-38-24(32)17-8-10-19(11-9-17)29-30-27/h5-11,14,23,28H,4,12-13H2,1-3H3. The molecule has 1 aliphatic rings. The Hall–Kier alpha value is -5.16. The minimum Gasteiger partial charge on any atom is -0.463 e. The van der Waals surface area contributed by atoms with Crippen LogP contribution in [0.25, 0.3) is 10.4 Å². The van der Waals surface area contributed by atoms with Crippen LogP contribution in [0.5, 0.6) is 0 Å². The highest BCUT2D eigenvalue weighted by Gasteiger charge is 2.38. The Morgan fingerprint density at radius 2 is 1.56 bits per heavy atom.